The summed E-state index contributed by atoms with van der Waals surface area (Å²) in [7, 11) is 0. The van der Waals surface area contributed by atoms with Crippen LogP contribution in [0.3, 0.4) is 0 Å². The first-order chi connectivity index (χ1) is 7.93. The van der Waals surface area contributed by atoms with Crippen LogP contribution in [0.4, 0.5) is 0 Å². The van der Waals surface area contributed by atoms with Crippen molar-refractivity contribution in [1.82, 2.24) is 0 Å². The van der Waals surface area contributed by atoms with Gasteiger partial charge in [-0.1, -0.05) is 50.1 Å². The van der Waals surface area contributed by atoms with Crippen LogP contribution in [0.25, 0.3) is 0 Å². The summed E-state index contributed by atoms with van der Waals surface area (Å²) in [5.74, 6) is 0. The fraction of sp³-hybridized carbons (Fsp3) is 0.333. The molecule has 0 fully saturated rings. The highest BCUT2D eigenvalue weighted by Crippen LogP contribution is 2.05. The molecule has 2 aromatic rings. The van der Waals surface area contributed by atoms with E-state index in [0.29, 0.717) is 0 Å². The average Bonchev–Trinajstić information content (AvgIpc) is 2.90. The topological polar surface area (TPSA) is 13.1 Å². The number of hydrogen-bond donors (Lipinski definition) is 0. The van der Waals surface area contributed by atoms with E-state index in [4.69, 9.17) is 0 Å². The van der Waals surface area contributed by atoms with E-state index in [9.17, 15) is 0 Å². The van der Waals surface area contributed by atoms with Gasteiger partial charge in [0.05, 0.1) is 12.5 Å². The minimum atomic E-state index is 1.24. The van der Waals surface area contributed by atoms with Crippen LogP contribution in [0.1, 0.15) is 31.7 Å². The Balaban J connectivity index is 0.000000212. The minimum absolute atomic E-state index is 1.24. The van der Waals surface area contributed by atoms with Gasteiger partial charge in [-0.05, 0) is 30.5 Å². The molecule has 0 saturated carbocycles. The summed E-state index contributed by atoms with van der Waals surface area (Å²) in [6, 6.07) is 14.4. The van der Waals surface area contributed by atoms with E-state index in [-0.39, 0.29) is 0 Å². The molecule has 0 bridgehead atoms. The number of benzene rings is 1. The van der Waals surface area contributed by atoms with Crippen molar-refractivity contribution in [2.24, 2.45) is 0 Å². The van der Waals surface area contributed by atoms with E-state index in [2.05, 4.69) is 41.7 Å². The van der Waals surface area contributed by atoms with Gasteiger partial charge < -0.3 is 4.42 Å². The zero-order chi connectivity index (χ0) is 11.5. The van der Waals surface area contributed by atoms with Gasteiger partial charge in [-0.2, -0.15) is 0 Å². The molecule has 1 heterocycles. The van der Waals surface area contributed by atoms with Gasteiger partial charge in [0.2, 0.25) is 0 Å². The summed E-state index contributed by atoms with van der Waals surface area (Å²) >= 11 is 0. The molecule has 16 heavy (non-hydrogen) atoms. The maximum absolute atomic E-state index is 4.58. The smallest absolute Gasteiger partial charge is 0.0902 e. The summed E-state index contributed by atoms with van der Waals surface area (Å²) in [6.45, 7) is 2.24. The zero-order valence-electron chi connectivity index (χ0n) is 9.93. The second kappa shape index (κ2) is 8.78. The SMILES string of the molecule is CCCCCc1ccccc1.c1ccoc1. The first kappa shape index (κ1) is 12.6. The molecule has 2 rings (SSSR count). The molecule has 0 N–H and O–H groups in total. The highest BCUT2D eigenvalue weighted by atomic mass is 16.3. The molecule has 0 aliphatic heterocycles. The van der Waals surface area contributed by atoms with Crippen molar-refractivity contribution in [3.8, 4) is 0 Å². The van der Waals surface area contributed by atoms with Gasteiger partial charge in [0.1, 0.15) is 0 Å². The molecule has 0 unspecified atom stereocenters. The quantitative estimate of drug-likeness (QED) is 0.675. The Morgan fingerprint density at radius 2 is 1.56 bits per heavy atom. The number of unbranched alkanes of at least 4 members (excludes halogenated alkanes) is 2. The van der Waals surface area contributed by atoms with Crippen LogP contribution in [0.5, 0.6) is 0 Å². The number of rotatable bonds is 4. The summed E-state index contributed by atoms with van der Waals surface area (Å²) in [4.78, 5) is 0. The number of furan rings is 1. The molecule has 0 atom stereocenters. The molecule has 0 saturated heterocycles. The van der Waals surface area contributed by atoms with Crippen molar-refractivity contribution in [1.29, 1.82) is 0 Å². The lowest BCUT2D eigenvalue weighted by atomic mass is 10.1. The lowest BCUT2D eigenvalue weighted by Gasteiger charge is -1.98. The Labute approximate surface area is 98.1 Å². The van der Waals surface area contributed by atoms with Crippen LogP contribution < -0.4 is 0 Å². The molecule has 0 spiro atoms. The number of hydrogen-bond acceptors (Lipinski definition) is 1. The van der Waals surface area contributed by atoms with E-state index in [1.165, 1.54) is 31.2 Å². The Bertz CT molecular complexity index is 306. The molecule has 0 radical (unpaired) electrons. The Morgan fingerprint density at radius 1 is 0.875 bits per heavy atom. The van der Waals surface area contributed by atoms with Crippen LogP contribution in [-0.2, 0) is 6.42 Å². The standard InChI is InChI=1S/C11H16.C4H4O/c1-2-3-5-8-11-9-6-4-7-10-11;1-2-4-5-3-1/h4,6-7,9-10H,2-3,5,8H2,1H3;1-4H. The number of aryl methyl sites for hydroxylation is 1. The fourth-order valence-corrected chi connectivity index (χ4v) is 1.45. The molecule has 1 aromatic heterocycles. The van der Waals surface area contributed by atoms with Crippen molar-refractivity contribution in [3.63, 3.8) is 0 Å². The van der Waals surface area contributed by atoms with E-state index >= 15 is 0 Å². The predicted octanol–water partition coefficient (Wildman–Crippen LogP) is 4.70. The van der Waals surface area contributed by atoms with Gasteiger partial charge in [-0.15, -0.1) is 0 Å². The van der Waals surface area contributed by atoms with Crippen LogP contribution >= 0.6 is 0 Å². The van der Waals surface area contributed by atoms with Crippen molar-refractivity contribution >= 4 is 0 Å². The van der Waals surface area contributed by atoms with E-state index in [1.54, 1.807) is 12.5 Å². The second-order valence-electron chi connectivity index (χ2n) is 3.74. The summed E-state index contributed by atoms with van der Waals surface area (Å²) in [6.07, 6.45) is 8.50. The van der Waals surface area contributed by atoms with Crippen molar-refractivity contribution in [2.45, 2.75) is 32.6 Å². The van der Waals surface area contributed by atoms with Crippen LogP contribution in [0.15, 0.2) is 59.4 Å². The zero-order valence-corrected chi connectivity index (χ0v) is 9.93. The van der Waals surface area contributed by atoms with Crippen LogP contribution in [0, 0.1) is 0 Å². The molecule has 1 aromatic carbocycles. The Morgan fingerprint density at radius 3 is 2.06 bits per heavy atom. The second-order valence-corrected chi connectivity index (χ2v) is 3.74. The first-order valence-corrected chi connectivity index (χ1v) is 5.94. The first-order valence-electron chi connectivity index (χ1n) is 5.94. The summed E-state index contributed by atoms with van der Waals surface area (Å²) < 4.78 is 4.58. The molecular formula is C15H20O. The van der Waals surface area contributed by atoms with Gasteiger partial charge in [-0.3, -0.25) is 0 Å². The lowest BCUT2D eigenvalue weighted by molar-refractivity contribution is 0.567. The molecule has 0 aliphatic carbocycles. The largest absolute Gasteiger partial charge is 0.473 e. The maximum atomic E-state index is 4.58. The average molecular weight is 216 g/mol. The minimum Gasteiger partial charge on any atom is -0.473 e. The van der Waals surface area contributed by atoms with Gasteiger partial charge in [0, 0.05) is 0 Å². The predicted molar refractivity (Wildman–Crippen MR) is 68.4 cm³/mol. The normalized spacial score (nSPS) is 9.31. The van der Waals surface area contributed by atoms with E-state index < -0.39 is 0 Å². The molecule has 1 nitrogen and oxygen atoms in total. The Hall–Kier alpha value is -1.50. The van der Waals surface area contributed by atoms with E-state index in [0.717, 1.165) is 0 Å². The third-order valence-corrected chi connectivity index (χ3v) is 2.34. The molecule has 0 amide bonds. The van der Waals surface area contributed by atoms with Crippen molar-refractivity contribution < 1.29 is 4.42 Å². The Kier molecular flexibility index (Phi) is 6.90. The van der Waals surface area contributed by atoms with Crippen molar-refractivity contribution in [2.75, 3.05) is 0 Å². The highest BCUT2D eigenvalue weighted by Gasteiger charge is 1.89. The lowest BCUT2D eigenvalue weighted by Crippen LogP contribution is -1.83. The van der Waals surface area contributed by atoms with Gasteiger partial charge in [0.15, 0.2) is 0 Å². The van der Waals surface area contributed by atoms with E-state index in [1.807, 2.05) is 12.1 Å². The summed E-state index contributed by atoms with van der Waals surface area (Å²) in [5.41, 5.74) is 1.47. The highest BCUT2D eigenvalue weighted by molar-refractivity contribution is 5.14. The summed E-state index contributed by atoms with van der Waals surface area (Å²) in [5, 5.41) is 0. The fourth-order valence-electron chi connectivity index (χ4n) is 1.45. The van der Waals surface area contributed by atoms with Crippen LogP contribution in [-0.4, -0.2) is 0 Å². The van der Waals surface area contributed by atoms with Gasteiger partial charge in [-0.25, -0.2) is 0 Å². The van der Waals surface area contributed by atoms with Crippen LogP contribution in [0.2, 0.25) is 0 Å². The maximum Gasteiger partial charge on any atom is 0.0902 e. The van der Waals surface area contributed by atoms with Crippen molar-refractivity contribution in [3.05, 3.63) is 60.6 Å². The third-order valence-electron chi connectivity index (χ3n) is 2.34. The molecule has 1 heteroatoms. The molecular weight excluding hydrogens is 196 g/mol. The third kappa shape index (κ3) is 6.07. The monoisotopic (exact) mass is 216 g/mol. The van der Waals surface area contributed by atoms with Gasteiger partial charge >= 0.3 is 0 Å². The van der Waals surface area contributed by atoms with Gasteiger partial charge in [0.25, 0.3) is 0 Å². The molecule has 0 aliphatic rings. The molecule has 86 valence electrons.